The molecule has 0 fully saturated rings. The van der Waals surface area contributed by atoms with E-state index >= 15 is 0 Å². The molecule has 0 saturated heterocycles. The van der Waals surface area contributed by atoms with Crippen molar-refractivity contribution < 1.29 is 14.3 Å². The number of carbonyl (C=O) groups excluding carboxylic acids is 2. The summed E-state index contributed by atoms with van der Waals surface area (Å²) in [5, 5.41) is 0.463. The van der Waals surface area contributed by atoms with Gasteiger partial charge >= 0.3 is 6.03 Å². The second-order valence-electron chi connectivity index (χ2n) is 6.03. The molecule has 0 unspecified atom stereocenters. The van der Waals surface area contributed by atoms with Crippen LogP contribution in [0.25, 0.3) is 0 Å². The Morgan fingerprint density at radius 2 is 1.86 bits per heavy atom. The van der Waals surface area contributed by atoms with Gasteiger partial charge in [0.1, 0.15) is 5.75 Å². The number of fused-ring (bicyclic) bond motifs is 2. The highest BCUT2D eigenvalue weighted by Gasteiger charge is 2.26. The molecule has 0 spiro atoms. The molecule has 0 saturated carbocycles. The molecule has 2 N–H and O–H groups in total. The van der Waals surface area contributed by atoms with Gasteiger partial charge in [0.15, 0.2) is 5.75 Å². The standard InChI is InChI=1S/C20H15ClN4O3.ClH/c21-15-7-8-18-16(10-15)25(12-14-4-1-2-6-17(14)28-18)20(27)24-23-19(26)13-5-3-9-22-11-13;/h1-11H,12H2,(H,23,26)(H,24,27);1H. The first-order valence-electron chi connectivity index (χ1n) is 8.45. The largest absolute Gasteiger partial charge is 0.455 e. The van der Waals surface area contributed by atoms with Gasteiger partial charge in [-0.25, -0.2) is 10.2 Å². The summed E-state index contributed by atoms with van der Waals surface area (Å²) < 4.78 is 5.96. The zero-order chi connectivity index (χ0) is 19.5. The van der Waals surface area contributed by atoms with Gasteiger partial charge in [0.05, 0.1) is 17.8 Å². The molecule has 2 aromatic carbocycles. The van der Waals surface area contributed by atoms with Crippen molar-refractivity contribution in [1.82, 2.24) is 15.8 Å². The van der Waals surface area contributed by atoms with Gasteiger partial charge in [-0.05, 0) is 36.4 Å². The van der Waals surface area contributed by atoms with Crippen LogP contribution in [-0.2, 0) is 6.54 Å². The first-order chi connectivity index (χ1) is 13.6. The summed E-state index contributed by atoms with van der Waals surface area (Å²) in [6, 6.07) is 15.2. The molecule has 0 bridgehead atoms. The van der Waals surface area contributed by atoms with Gasteiger partial charge in [-0.15, -0.1) is 12.4 Å². The normalized spacial score (nSPS) is 11.7. The third-order valence-corrected chi connectivity index (χ3v) is 4.42. The molecule has 0 radical (unpaired) electrons. The number of amides is 3. The number of hydrogen-bond donors (Lipinski definition) is 2. The molecule has 148 valence electrons. The number of rotatable bonds is 1. The maximum Gasteiger partial charge on any atom is 0.341 e. The van der Waals surface area contributed by atoms with Crippen molar-refractivity contribution in [2.45, 2.75) is 6.54 Å². The van der Waals surface area contributed by atoms with E-state index in [9.17, 15) is 9.59 Å². The monoisotopic (exact) mass is 430 g/mol. The molecule has 7 nitrogen and oxygen atoms in total. The number of nitrogens with zero attached hydrogens (tertiary/aromatic N) is 2. The minimum absolute atomic E-state index is 0. The lowest BCUT2D eigenvalue weighted by Crippen LogP contribution is -2.48. The summed E-state index contributed by atoms with van der Waals surface area (Å²) in [4.78, 5) is 30.4. The Balaban J connectivity index is 0.00000240. The number of hydrogen-bond acceptors (Lipinski definition) is 4. The van der Waals surface area contributed by atoms with Gasteiger partial charge in [0.25, 0.3) is 5.91 Å². The zero-order valence-corrected chi connectivity index (χ0v) is 16.5. The third-order valence-electron chi connectivity index (χ3n) is 4.18. The molecule has 3 aromatic rings. The quantitative estimate of drug-likeness (QED) is 0.562. The summed E-state index contributed by atoms with van der Waals surface area (Å²) in [6.07, 6.45) is 2.97. The predicted molar refractivity (Wildman–Crippen MR) is 112 cm³/mol. The number of halogens is 2. The molecule has 1 aliphatic rings. The number of urea groups is 1. The average molecular weight is 431 g/mol. The van der Waals surface area contributed by atoms with Gasteiger partial charge in [-0.3, -0.25) is 20.1 Å². The van der Waals surface area contributed by atoms with E-state index in [-0.39, 0.29) is 19.0 Å². The minimum atomic E-state index is -0.527. The second kappa shape index (κ2) is 8.81. The Hall–Kier alpha value is -3.29. The summed E-state index contributed by atoms with van der Waals surface area (Å²) in [5.74, 6) is 0.670. The predicted octanol–water partition coefficient (Wildman–Crippen LogP) is 4.32. The van der Waals surface area contributed by atoms with Crippen molar-refractivity contribution in [3.63, 3.8) is 0 Å². The van der Waals surface area contributed by atoms with Crippen LogP contribution in [0, 0.1) is 0 Å². The van der Waals surface area contributed by atoms with E-state index in [1.807, 2.05) is 24.3 Å². The van der Waals surface area contributed by atoms with E-state index in [1.165, 1.54) is 11.1 Å². The molecule has 1 aromatic heterocycles. The van der Waals surface area contributed by atoms with Crippen molar-refractivity contribution in [3.05, 3.63) is 83.1 Å². The molecule has 9 heteroatoms. The number of ether oxygens (including phenoxy) is 1. The number of aromatic nitrogens is 1. The first-order valence-corrected chi connectivity index (χ1v) is 8.83. The van der Waals surface area contributed by atoms with Gasteiger partial charge in [0, 0.05) is 23.0 Å². The maximum absolute atomic E-state index is 12.9. The highest BCUT2D eigenvalue weighted by atomic mass is 35.5. The lowest BCUT2D eigenvalue weighted by molar-refractivity contribution is 0.0937. The van der Waals surface area contributed by atoms with Crippen LogP contribution < -0.4 is 20.5 Å². The van der Waals surface area contributed by atoms with Crippen LogP contribution in [0.2, 0.25) is 5.02 Å². The SMILES string of the molecule is Cl.O=C(NNC(=O)N1Cc2ccccc2Oc2ccc(Cl)cc21)c1cccnc1. The van der Waals surface area contributed by atoms with Crippen molar-refractivity contribution >= 4 is 41.6 Å². The van der Waals surface area contributed by atoms with Crippen LogP contribution in [-0.4, -0.2) is 16.9 Å². The van der Waals surface area contributed by atoms with Crippen molar-refractivity contribution in [3.8, 4) is 11.5 Å². The summed E-state index contributed by atoms with van der Waals surface area (Å²) in [7, 11) is 0. The molecule has 1 aliphatic heterocycles. The third kappa shape index (κ3) is 4.42. The molecule has 4 rings (SSSR count). The molecule has 0 atom stereocenters. The molecular formula is C20H16Cl2N4O3. The molecule has 2 heterocycles. The Morgan fingerprint density at radius 1 is 1.03 bits per heavy atom. The summed E-state index contributed by atoms with van der Waals surface area (Å²) in [6.45, 7) is 0.248. The number of para-hydroxylation sites is 1. The van der Waals surface area contributed by atoms with Crippen LogP contribution in [0.1, 0.15) is 15.9 Å². The van der Waals surface area contributed by atoms with Crippen LogP contribution in [0.5, 0.6) is 11.5 Å². The van der Waals surface area contributed by atoms with E-state index < -0.39 is 11.9 Å². The Morgan fingerprint density at radius 3 is 2.66 bits per heavy atom. The summed E-state index contributed by atoms with van der Waals surface area (Å²) >= 11 is 6.13. The fraction of sp³-hybridized carbons (Fsp3) is 0.0500. The number of nitrogens with one attached hydrogen (secondary N) is 2. The van der Waals surface area contributed by atoms with E-state index in [1.54, 1.807) is 36.5 Å². The van der Waals surface area contributed by atoms with Gasteiger partial charge in [-0.2, -0.15) is 0 Å². The number of pyridine rings is 1. The van der Waals surface area contributed by atoms with Crippen molar-refractivity contribution in [2.75, 3.05) is 4.90 Å². The van der Waals surface area contributed by atoms with Crippen LogP contribution in [0.3, 0.4) is 0 Å². The van der Waals surface area contributed by atoms with Crippen molar-refractivity contribution in [1.29, 1.82) is 0 Å². The highest BCUT2D eigenvalue weighted by molar-refractivity contribution is 6.31. The molecule has 0 aliphatic carbocycles. The van der Waals surface area contributed by atoms with Crippen LogP contribution in [0.4, 0.5) is 10.5 Å². The Kier molecular flexibility index (Phi) is 6.21. The number of benzene rings is 2. The van der Waals surface area contributed by atoms with Crippen molar-refractivity contribution in [2.24, 2.45) is 0 Å². The fourth-order valence-corrected chi connectivity index (χ4v) is 2.99. The van der Waals surface area contributed by atoms with E-state index in [4.69, 9.17) is 16.3 Å². The number of carbonyl (C=O) groups is 2. The number of anilines is 1. The van der Waals surface area contributed by atoms with Gasteiger partial charge < -0.3 is 4.74 Å². The molecule has 29 heavy (non-hydrogen) atoms. The molecule has 3 amide bonds. The first kappa shape index (κ1) is 20.4. The van der Waals surface area contributed by atoms with E-state index in [2.05, 4.69) is 15.8 Å². The van der Waals surface area contributed by atoms with Gasteiger partial charge in [0.2, 0.25) is 0 Å². The smallest absolute Gasteiger partial charge is 0.341 e. The second-order valence-corrected chi connectivity index (χ2v) is 6.47. The summed E-state index contributed by atoms with van der Waals surface area (Å²) in [5.41, 5.74) is 6.47. The van der Waals surface area contributed by atoms with E-state index in [0.29, 0.717) is 27.8 Å². The minimum Gasteiger partial charge on any atom is -0.455 e. The average Bonchev–Trinajstić information content (AvgIpc) is 2.89. The topological polar surface area (TPSA) is 83.6 Å². The highest BCUT2D eigenvalue weighted by Crippen LogP contribution is 2.40. The van der Waals surface area contributed by atoms with E-state index in [0.717, 1.165) is 5.56 Å². The number of hydrazine groups is 1. The Bertz CT molecular complexity index is 1050. The van der Waals surface area contributed by atoms with Gasteiger partial charge in [-0.1, -0.05) is 29.8 Å². The van der Waals surface area contributed by atoms with Crippen LogP contribution in [0.15, 0.2) is 67.0 Å². The van der Waals surface area contributed by atoms with Crippen LogP contribution >= 0.6 is 24.0 Å². The zero-order valence-electron chi connectivity index (χ0n) is 15.0. The fourth-order valence-electron chi connectivity index (χ4n) is 2.82. The maximum atomic E-state index is 12.9. The lowest BCUT2D eigenvalue weighted by atomic mass is 10.2. The molecular weight excluding hydrogens is 415 g/mol. The Labute approximate surface area is 178 Å². The lowest BCUT2D eigenvalue weighted by Gasteiger charge is -2.22.